The van der Waals surface area contributed by atoms with Crippen LogP contribution >= 0.6 is 0 Å². The van der Waals surface area contributed by atoms with E-state index in [1.807, 2.05) is 6.07 Å². The Balaban J connectivity index is 1.60. The third kappa shape index (κ3) is 4.00. The lowest BCUT2D eigenvalue weighted by atomic mass is 10.2. The molecule has 0 radical (unpaired) electrons. The molecule has 4 nitrogen and oxygen atoms in total. The van der Waals surface area contributed by atoms with Crippen molar-refractivity contribution in [3.05, 3.63) is 121 Å². The first-order valence-electron chi connectivity index (χ1n) is 11.2. The number of para-hydroxylation sites is 4. The van der Waals surface area contributed by atoms with E-state index in [0.717, 1.165) is 17.8 Å². The van der Waals surface area contributed by atoms with Crippen LogP contribution in [0.25, 0.3) is 0 Å². The maximum absolute atomic E-state index is 3.69. The molecule has 4 aromatic carbocycles. The Morgan fingerprint density at radius 3 is 1.66 bits per heavy atom. The lowest BCUT2D eigenvalue weighted by Crippen LogP contribution is -2.53. The SMILES string of the molecule is CC1CC(N(Nc2ccccc2)c2ccccc2)N(c2ccccc2)N1c1ccccc1. The normalized spacial score (nSPS) is 17.9. The highest BCUT2D eigenvalue weighted by molar-refractivity contribution is 5.65. The predicted molar refractivity (Wildman–Crippen MR) is 135 cm³/mol. The van der Waals surface area contributed by atoms with Crippen molar-refractivity contribution < 1.29 is 0 Å². The molecule has 2 unspecified atom stereocenters. The van der Waals surface area contributed by atoms with Crippen LogP contribution in [-0.2, 0) is 0 Å². The van der Waals surface area contributed by atoms with Crippen LogP contribution < -0.4 is 20.5 Å². The lowest BCUT2D eigenvalue weighted by molar-refractivity contribution is 0.633. The van der Waals surface area contributed by atoms with Crippen molar-refractivity contribution >= 4 is 22.7 Å². The van der Waals surface area contributed by atoms with Gasteiger partial charge in [0.15, 0.2) is 0 Å². The third-order valence-electron chi connectivity index (χ3n) is 5.88. The first-order valence-corrected chi connectivity index (χ1v) is 11.2. The van der Waals surface area contributed by atoms with Crippen LogP contribution in [0.5, 0.6) is 0 Å². The van der Waals surface area contributed by atoms with Crippen LogP contribution in [-0.4, -0.2) is 12.2 Å². The maximum atomic E-state index is 3.69. The molecule has 0 saturated carbocycles. The maximum Gasteiger partial charge on any atom is 0.142 e. The second-order valence-corrected chi connectivity index (χ2v) is 8.11. The summed E-state index contributed by atoms with van der Waals surface area (Å²) in [5, 5.41) is 7.13. The number of benzene rings is 4. The molecule has 1 fully saturated rings. The van der Waals surface area contributed by atoms with E-state index in [1.165, 1.54) is 11.4 Å². The van der Waals surface area contributed by atoms with E-state index in [0.29, 0.717) is 6.04 Å². The van der Waals surface area contributed by atoms with E-state index in [-0.39, 0.29) is 6.17 Å². The first kappa shape index (κ1) is 20.0. The Hall–Kier alpha value is -3.92. The van der Waals surface area contributed by atoms with Gasteiger partial charge in [0.2, 0.25) is 0 Å². The quantitative estimate of drug-likeness (QED) is 0.356. The Labute approximate surface area is 190 Å². The van der Waals surface area contributed by atoms with E-state index >= 15 is 0 Å². The van der Waals surface area contributed by atoms with Crippen LogP contribution in [0.3, 0.4) is 0 Å². The summed E-state index contributed by atoms with van der Waals surface area (Å²) in [6, 6.07) is 42.6. The minimum atomic E-state index is 0.0789. The molecule has 0 spiro atoms. The highest BCUT2D eigenvalue weighted by Gasteiger charge is 2.41. The molecule has 32 heavy (non-hydrogen) atoms. The zero-order chi connectivity index (χ0) is 21.8. The van der Waals surface area contributed by atoms with Gasteiger partial charge >= 0.3 is 0 Å². The van der Waals surface area contributed by atoms with Crippen LogP contribution in [0.2, 0.25) is 0 Å². The van der Waals surface area contributed by atoms with Crippen molar-refractivity contribution in [2.75, 3.05) is 20.5 Å². The molecular formula is C28H28N4. The van der Waals surface area contributed by atoms with E-state index in [9.17, 15) is 0 Å². The third-order valence-corrected chi connectivity index (χ3v) is 5.88. The van der Waals surface area contributed by atoms with Crippen molar-refractivity contribution in [2.24, 2.45) is 0 Å². The van der Waals surface area contributed by atoms with Gasteiger partial charge in [-0.05, 0) is 55.5 Å². The van der Waals surface area contributed by atoms with Gasteiger partial charge in [-0.1, -0.05) is 72.8 Å². The van der Waals surface area contributed by atoms with Crippen molar-refractivity contribution in [1.29, 1.82) is 0 Å². The monoisotopic (exact) mass is 420 g/mol. The number of rotatable bonds is 6. The number of nitrogens with zero attached hydrogens (tertiary/aromatic N) is 3. The molecule has 0 aromatic heterocycles. The number of nitrogens with one attached hydrogen (secondary N) is 1. The second kappa shape index (κ2) is 9.06. The highest BCUT2D eigenvalue weighted by atomic mass is 15.8. The topological polar surface area (TPSA) is 21.8 Å². The molecule has 1 aliphatic heterocycles. The number of hydrogen-bond acceptors (Lipinski definition) is 4. The summed E-state index contributed by atoms with van der Waals surface area (Å²) in [7, 11) is 0. The smallest absolute Gasteiger partial charge is 0.142 e. The zero-order valence-electron chi connectivity index (χ0n) is 18.3. The zero-order valence-corrected chi connectivity index (χ0v) is 18.3. The van der Waals surface area contributed by atoms with Crippen molar-refractivity contribution in [3.8, 4) is 0 Å². The molecule has 4 heteroatoms. The van der Waals surface area contributed by atoms with Crippen LogP contribution in [0, 0.1) is 0 Å². The minimum Gasteiger partial charge on any atom is -0.296 e. The summed E-state index contributed by atoms with van der Waals surface area (Å²) >= 11 is 0. The van der Waals surface area contributed by atoms with Gasteiger partial charge in [-0.25, -0.2) is 0 Å². The average Bonchev–Trinajstić information content (AvgIpc) is 3.21. The first-order chi connectivity index (χ1) is 15.8. The van der Waals surface area contributed by atoms with Gasteiger partial charge in [-0.15, -0.1) is 0 Å². The molecule has 1 saturated heterocycles. The summed E-state index contributed by atoms with van der Waals surface area (Å²) in [6.07, 6.45) is 1.05. The molecule has 0 aliphatic carbocycles. The van der Waals surface area contributed by atoms with Gasteiger partial charge in [0.25, 0.3) is 0 Å². The van der Waals surface area contributed by atoms with E-state index in [2.05, 4.69) is 143 Å². The highest BCUT2D eigenvalue weighted by Crippen LogP contribution is 2.37. The average molecular weight is 421 g/mol. The molecule has 0 bridgehead atoms. The van der Waals surface area contributed by atoms with Gasteiger partial charge in [-0.2, -0.15) is 0 Å². The van der Waals surface area contributed by atoms with Gasteiger partial charge < -0.3 is 0 Å². The van der Waals surface area contributed by atoms with Gasteiger partial charge in [0.1, 0.15) is 6.17 Å². The van der Waals surface area contributed by atoms with Crippen LogP contribution in [0.4, 0.5) is 22.7 Å². The molecule has 160 valence electrons. The Bertz CT molecular complexity index is 1100. The van der Waals surface area contributed by atoms with E-state index in [4.69, 9.17) is 0 Å². The summed E-state index contributed by atoms with van der Waals surface area (Å²) in [5.74, 6) is 0. The molecular weight excluding hydrogens is 392 g/mol. The summed E-state index contributed by atoms with van der Waals surface area (Å²) in [5.41, 5.74) is 8.25. The molecule has 0 amide bonds. The fourth-order valence-electron chi connectivity index (χ4n) is 4.46. The Morgan fingerprint density at radius 2 is 1.09 bits per heavy atom. The fraction of sp³-hybridized carbons (Fsp3) is 0.143. The van der Waals surface area contributed by atoms with Crippen LogP contribution in [0.1, 0.15) is 13.3 Å². The van der Waals surface area contributed by atoms with Crippen LogP contribution in [0.15, 0.2) is 121 Å². The van der Waals surface area contributed by atoms with Crippen molar-refractivity contribution in [2.45, 2.75) is 25.6 Å². The van der Waals surface area contributed by atoms with Crippen molar-refractivity contribution in [1.82, 2.24) is 0 Å². The standard InChI is InChI=1S/C28H28N4/c1-23-22-28(30(25-16-8-3-9-17-25)29-24-14-6-2-7-15-24)32(27-20-12-5-13-21-27)31(23)26-18-10-4-11-19-26/h2-21,23,28-29H,22H2,1H3. The summed E-state index contributed by atoms with van der Waals surface area (Å²) in [4.78, 5) is 0. The molecule has 4 aromatic rings. The number of hydrogen-bond donors (Lipinski definition) is 1. The Kier molecular flexibility index (Phi) is 5.67. The number of anilines is 4. The van der Waals surface area contributed by atoms with Gasteiger partial charge in [0, 0.05) is 6.42 Å². The summed E-state index contributed by atoms with van der Waals surface area (Å²) < 4.78 is 0. The lowest BCUT2D eigenvalue weighted by Gasteiger charge is -2.42. The largest absolute Gasteiger partial charge is 0.296 e. The van der Waals surface area contributed by atoms with E-state index < -0.39 is 0 Å². The van der Waals surface area contributed by atoms with Gasteiger partial charge in [0.05, 0.1) is 28.8 Å². The molecule has 1 heterocycles. The molecule has 2 atom stereocenters. The predicted octanol–water partition coefficient (Wildman–Crippen LogP) is 6.57. The second-order valence-electron chi connectivity index (χ2n) is 8.11. The molecule has 1 aliphatic rings. The Morgan fingerprint density at radius 1 is 0.625 bits per heavy atom. The van der Waals surface area contributed by atoms with Gasteiger partial charge in [-0.3, -0.25) is 20.5 Å². The van der Waals surface area contributed by atoms with Crippen molar-refractivity contribution in [3.63, 3.8) is 0 Å². The minimum absolute atomic E-state index is 0.0789. The fourth-order valence-corrected chi connectivity index (χ4v) is 4.46. The summed E-state index contributed by atoms with van der Waals surface area (Å²) in [6.45, 7) is 2.30. The molecule has 5 rings (SSSR count). The molecule has 1 N–H and O–H groups in total. The van der Waals surface area contributed by atoms with E-state index in [1.54, 1.807) is 0 Å². The number of hydrazine groups is 2.